The van der Waals surface area contributed by atoms with Crippen LogP contribution in [0.15, 0.2) is 0 Å². The summed E-state index contributed by atoms with van der Waals surface area (Å²) in [6, 6.07) is 1.97. The van der Waals surface area contributed by atoms with Gasteiger partial charge in [-0.1, -0.05) is 0 Å². The van der Waals surface area contributed by atoms with Crippen LogP contribution in [0.3, 0.4) is 0 Å². The molecule has 0 aromatic carbocycles. The standard InChI is InChI=1S/C4H3Cl2N/c5-4(6)1-3(4)2-7/h3H,1H2/t3-/m0/s1. The van der Waals surface area contributed by atoms with Crippen molar-refractivity contribution in [2.45, 2.75) is 10.8 Å². The lowest BCUT2D eigenvalue weighted by molar-refractivity contribution is 1.11. The van der Waals surface area contributed by atoms with Crippen LogP contribution in [0.1, 0.15) is 6.42 Å². The van der Waals surface area contributed by atoms with Crippen molar-refractivity contribution >= 4 is 23.2 Å². The zero-order valence-electron chi connectivity index (χ0n) is 3.49. The van der Waals surface area contributed by atoms with Crippen LogP contribution in [0, 0.1) is 17.2 Å². The van der Waals surface area contributed by atoms with E-state index in [9.17, 15) is 0 Å². The Balaban J connectivity index is 2.49. The first-order valence-electron chi connectivity index (χ1n) is 1.94. The number of halogens is 2. The van der Waals surface area contributed by atoms with E-state index in [1.165, 1.54) is 0 Å². The Bertz CT molecular complexity index is 124. The largest absolute Gasteiger partial charge is 0.198 e. The highest BCUT2D eigenvalue weighted by molar-refractivity contribution is 6.51. The average molecular weight is 136 g/mol. The van der Waals surface area contributed by atoms with Crippen LogP contribution >= 0.6 is 23.2 Å². The number of nitrogens with zero attached hydrogens (tertiary/aromatic N) is 1. The lowest BCUT2D eigenvalue weighted by Gasteiger charge is -1.83. The van der Waals surface area contributed by atoms with E-state index >= 15 is 0 Å². The summed E-state index contributed by atoms with van der Waals surface area (Å²) >= 11 is 10.9. The maximum absolute atomic E-state index is 8.12. The monoisotopic (exact) mass is 135 g/mol. The highest BCUT2D eigenvalue weighted by Crippen LogP contribution is 2.52. The van der Waals surface area contributed by atoms with Gasteiger partial charge in [0.05, 0.1) is 12.0 Å². The third-order valence-electron chi connectivity index (χ3n) is 0.982. The molecule has 0 radical (unpaired) electrons. The summed E-state index contributed by atoms with van der Waals surface area (Å²) in [6.07, 6.45) is 0.632. The van der Waals surface area contributed by atoms with Gasteiger partial charge in [0, 0.05) is 6.42 Å². The fourth-order valence-corrected chi connectivity index (χ4v) is 0.760. The van der Waals surface area contributed by atoms with E-state index in [0.29, 0.717) is 6.42 Å². The number of alkyl halides is 2. The minimum absolute atomic E-state index is 0.115. The van der Waals surface area contributed by atoms with Gasteiger partial charge >= 0.3 is 0 Å². The van der Waals surface area contributed by atoms with Crippen LogP contribution in [0.4, 0.5) is 0 Å². The minimum atomic E-state index is -0.700. The van der Waals surface area contributed by atoms with Crippen molar-refractivity contribution in [1.82, 2.24) is 0 Å². The quantitative estimate of drug-likeness (QED) is 0.465. The molecule has 0 aliphatic heterocycles. The fraction of sp³-hybridized carbons (Fsp3) is 0.750. The molecule has 1 fully saturated rings. The van der Waals surface area contributed by atoms with Crippen molar-refractivity contribution in [3.05, 3.63) is 0 Å². The van der Waals surface area contributed by atoms with E-state index in [0.717, 1.165) is 0 Å². The van der Waals surface area contributed by atoms with E-state index in [1.54, 1.807) is 0 Å². The van der Waals surface area contributed by atoms with Gasteiger partial charge in [0.2, 0.25) is 0 Å². The van der Waals surface area contributed by atoms with Gasteiger partial charge in [-0.25, -0.2) is 0 Å². The maximum Gasteiger partial charge on any atom is 0.135 e. The number of hydrogen-bond acceptors (Lipinski definition) is 1. The van der Waals surface area contributed by atoms with Gasteiger partial charge in [-0.15, -0.1) is 23.2 Å². The number of nitriles is 1. The molecule has 1 saturated carbocycles. The summed E-state index contributed by atoms with van der Waals surface area (Å²) in [6.45, 7) is 0. The summed E-state index contributed by atoms with van der Waals surface area (Å²) in [5, 5.41) is 8.12. The Kier molecular flexibility index (Phi) is 0.948. The maximum atomic E-state index is 8.12. The molecule has 1 aliphatic carbocycles. The predicted octanol–water partition coefficient (Wildman–Crippen LogP) is 1.70. The van der Waals surface area contributed by atoms with Gasteiger partial charge in [-0.2, -0.15) is 5.26 Å². The predicted molar refractivity (Wildman–Crippen MR) is 28.2 cm³/mol. The molecular formula is C4H3Cl2N. The molecule has 0 N–H and O–H groups in total. The smallest absolute Gasteiger partial charge is 0.135 e. The Hall–Kier alpha value is 0.0700. The molecule has 1 nitrogen and oxygen atoms in total. The second-order valence-corrected chi connectivity index (χ2v) is 3.19. The Labute approximate surface area is 51.8 Å². The van der Waals surface area contributed by atoms with Crippen LogP contribution in [0.25, 0.3) is 0 Å². The second kappa shape index (κ2) is 1.27. The van der Waals surface area contributed by atoms with Crippen LogP contribution in [0.5, 0.6) is 0 Å². The summed E-state index contributed by atoms with van der Waals surface area (Å²) < 4.78 is -0.700. The zero-order chi connectivity index (χ0) is 5.49. The van der Waals surface area contributed by atoms with E-state index in [1.807, 2.05) is 6.07 Å². The van der Waals surface area contributed by atoms with Crippen molar-refractivity contribution in [3.63, 3.8) is 0 Å². The lowest BCUT2D eigenvalue weighted by atomic mass is 10.5. The first kappa shape index (κ1) is 5.21. The van der Waals surface area contributed by atoms with E-state index in [-0.39, 0.29) is 5.92 Å². The highest BCUT2D eigenvalue weighted by Gasteiger charge is 2.52. The van der Waals surface area contributed by atoms with E-state index < -0.39 is 4.33 Å². The molecule has 0 amide bonds. The van der Waals surface area contributed by atoms with E-state index in [2.05, 4.69) is 0 Å². The molecule has 1 rings (SSSR count). The molecule has 0 aromatic rings. The molecule has 0 unspecified atom stereocenters. The highest BCUT2D eigenvalue weighted by atomic mass is 35.5. The minimum Gasteiger partial charge on any atom is -0.198 e. The fourth-order valence-electron chi connectivity index (χ4n) is 0.353. The van der Waals surface area contributed by atoms with Gasteiger partial charge < -0.3 is 0 Å². The Morgan fingerprint density at radius 3 is 2.14 bits per heavy atom. The molecule has 0 heterocycles. The Morgan fingerprint density at radius 2 is 2.14 bits per heavy atom. The zero-order valence-corrected chi connectivity index (χ0v) is 5.00. The van der Waals surface area contributed by atoms with Gasteiger partial charge in [-0.3, -0.25) is 0 Å². The average Bonchev–Trinajstić information content (AvgIpc) is 2.13. The van der Waals surface area contributed by atoms with E-state index in [4.69, 9.17) is 28.5 Å². The van der Waals surface area contributed by atoms with Crippen LogP contribution in [-0.4, -0.2) is 4.33 Å². The van der Waals surface area contributed by atoms with Gasteiger partial charge in [0.15, 0.2) is 0 Å². The lowest BCUT2D eigenvalue weighted by Crippen LogP contribution is -1.84. The van der Waals surface area contributed by atoms with Crippen molar-refractivity contribution in [1.29, 1.82) is 5.26 Å². The Morgan fingerprint density at radius 1 is 1.71 bits per heavy atom. The summed E-state index contributed by atoms with van der Waals surface area (Å²) in [5.41, 5.74) is 0. The van der Waals surface area contributed by atoms with Crippen molar-refractivity contribution in [2.24, 2.45) is 5.92 Å². The molecule has 7 heavy (non-hydrogen) atoms. The summed E-state index contributed by atoms with van der Waals surface area (Å²) in [4.78, 5) is 0. The third-order valence-corrected chi connectivity index (χ3v) is 1.82. The number of hydrogen-bond donors (Lipinski definition) is 0. The molecule has 3 heteroatoms. The topological polar surface area (TPSA) is 23.8 Å². The van der Waals surface area contributed by atoms with Crippen molar-refractivity contribution in [3.8, 4) is 6.07 Å². The molecular weight excluding hydrogens is 133 g/mol. The molecule has 0 saturated heterocycles. The normalized spacial score (nSPS) is 34.1. The van der Waals surface area contributed by atoms with Crippen LogP contribution in [0.2, 0.25) is 0 Å². The molecule has 1 atom stereocenters. The molecule has 1 aliphatic rings. The van der Waals surface area contributed by atoms with Gasteiger partial charge in [0.25, 0.3) is 0 Å². The van der Waals surface area contributed by atoms with Gasteiger partial charge in [0.1, 0.15) is 4.33 Å². The molecule has 0 aromatic heterocycles. The molecule has 38 valence electrons. The first-order chi connectivity index (χ1) is 3.17. The van der Waals surface area contributed by atoms with Crippen molar-refractivity contribution in [2.75, 3.05) is 0 Å². The van der Waals surface area contributed by atoms with Crippen LogP contribution in [-0.2, 0) is 0 Å². The molecule has 0 bridgehead atoms. The summed E-state index contributed by atoms with van der Waals surface area (Å²) in [5.74, 6) is -0.115. The molecule has 0 spiro atoms. The van der Waals surface area contributed by atoms with Crippen LogP contribution < -0.4 is 0 Å². The van der Waals surface area contributed by atoms with Crippen molar-refractivity contribution < 1.29 is 0 Å². The summed E-state index contributed by atoms with van der Waals surface area (Å²) in [7, 11) is 0. The third kappa shape index (κ3) is 0.821. The second-order valence-electron chi connectivity index (χ2n) is 1.65. The SMILES string of the molecule is N#C[C@@H]1CC1(Cl)Cl. The van der Waals surface area contributed by atoms with Gasteiger partial charge in [-0.05, 0) is 0 Å². The number of rotatable bonds is 0. The first-order valence-corrected chi connectivity index (χ1v) is 2.70.